The quantitative estimate of drug-likeness (QED) is 0.725. The summed E-state index contributed by atoms with van der Waals surface area (Å²) in [6.07, 6.45) is 0.711. The first-order valence-electron chi connectivity index (χ1n) is 7.52. The number of nitrogen functional groups attached to an aromatic ring is 2. The molecule has 0 heterocycles. The molecule has 5 heteroatoms. The van der Waals surface area contributed by atoms with Crippen molar-refractivity contribution in [3.8, 4) is 5.75 Å². The van der Waals surface area contributed by atoms with Crippen molar-refractivity contribution in [1.82, 2.24) is 0 Å². The minimum absolute atomic E-state index is 0.0727. The molecule has 1 aliphatic carbocycles. The van der Waals surface area contributed by atoms with Gasteiger partial charge in [-0.05, 0) is 19.4 Å². The van der Waals surface area contributed by atoms with Gasteiger partial charge in [-0.1, -0.05) is 31.2 Å². The number of hydrogen-bond donors (Lipinski definition) is 2. The average molecular weight is 310 g/mol. The summed E-state index contributed by atoms with van der Waals surface area (Å²) >= 11 is 0. The summed E-state index contributed by atoms with van der Waals surface area (Å²) < 4.78 is 5.74. The van der Waals surface area contributed by atoms with Gasteiger partial charge >= 0.3 is 0 Å². The third-order valence-electron chi connectivity index (χ3n) is 4.16. The lowest BCUT2D eigenvalue weighted by atomic mass is 9.82. The third-order valence-corrected chi connectivity index (χ3v) is 4.16. The molecule has 1 aliphatic rings. The van der Waals surface area contributed by atoms with Crippen LogP contribution in [-0.2, 0) is 0 Å². The van der Waals surface area contributed by atoms with E-state index in [4.69, 9.17) is 16.2 Å². The van der Waals surface area contributed by atoms with Crippen LogP contribution >= 0.6 is 0 Å². The van der Waals surface area contributed by atoms with Crippen molar-refractivity contribution in [3.05, 3.63) is 52.6 Å². The van der Waals surface area contributed by atoms with Gasteiger partial charge in [-0.25, -0.2) is 0 Å². The first-order chi connectivity index (χ1) is 11.0. The van der Waals surface area contributed by atoms with Crippen molar-refractivity contribution in [1.29, 1.82) is 0 Å². The van der Waals surface area contributed by atoms with Gasteiger partial charge in [0, 0.05) is 16.7 Å². The lowest BCUT2D eigenvalue weighted by Crippen LogP contribution is -2.24. The van der Waals surface area contributed by atoms with Gasteiger partial charge in [0.2, 0.25) is 0 Å². The van der Waals surface area contributed by atoms with Gasteiger partial charge in [0.15, 0.2) is 11.6 Å². The molecule has 0 saturated carbocycles. The largest absolute Gasteiger partial charge is 0.488 e. The van der Waals surface area contributed by atoms with Crippen LogP contribution in [0.4, 0.5) is 11.4 Å². The summed E-state index contributed by atoms with van der Waals surface area (Å²) in [5.41, 5.74) is 13.5. The smallest absolute Gasteiger partial charge is 0.196 e. The van der Waals surface area contributed by atoms with Gasteiger partial charge in [-0.2, -0.15) is 0 Å². The fourth-order valence-electron chi connectivity index (χ4n) is 2.67. The number of ether oxygens (including phenoxy) is 1. The van der Waals surface area contributed by atoms with Crippen molar-refractivity contribution >= 4 is 22.9 Å². The summed E-state index contributed by atoms with van der Waals surface area (Å²) in [5.74, 6) is -0.179. The molecule has 0 aliphatic heterocycles. The molecule has 0 spiro atoms. The van der Waals surface area contributed by atoms with Gasteiger partial charge in [0.1, 0.15) is 5.75 Å². The number of anilines is 2. The molecule has 1 unspecified atom stereocenters. The number of rotatable bonds is 3. The minimum atomic E-state index is -0.283. The Morgan fingerprint density at radius 2 is 1.61 bits per heavy atom. The molecule has 1 atom stereocenters. The maximum Gasteiger partial charge on any atom is 0.196 e. The number of nitrogens with two attached hydrogens (primary N) is 2. The highest BCUT2D eigenvalue weighted by Gasteiger charge is 2.33. The zero-order valence-corrected chi connectivity index (χ0v) is 13.1. The molecule has 23 heavy (non-hydrogen) atoms. The predicted molar refractivity (Wildman–Crippen MR) is 89.0 cm³/mol. The van der Waals surface area contributed by atoms with Crippen LogP contribution in [0.3, 0.4) is 0 Å². The molecule has 4 N–H and O–H groups in total. The van der Waals surface area contributed by atoms with E-state index >= 15 is 0 Å². The van der Waals surface area contributed by atoms with E-state index in [2.05, 4.69) is 0 Å². The standard InChI is InChI=1S/C18H18N2O3/c1-3-9(2)23-13-8-12-14(16(20)15(13)19)18(22)11-7-5-4-6-10(11)17(12)21/h4-9H,3,19-20H2,1-2H3. The zero-order chi connectivity index (χ0) is 16.7. The van der Waals surface area contributed by atoms with Crippen LogP contribution in [0.25, 0.3) is 0 Å². The number of carbonyl (C=O) groups excluding carboxylic acids is 2. The fourth-order valence-corrected chi connectivity index (χ4v) is 2.67. The molecule has 2 aromatic rings. The van der Waals surface area contributed by atoms with E-state index in [0.29, 0.717) is 16.9 Å². The van der Waals surface area contributed by atoms with Crippen LogP contribution in [0.15, 0.2) is 30.3 Å². The molecular formula is C18H18N2O3. The molecule has 0 radical (unpaired) electrons. The summed E-state index contributed by atoms with van der Waals surface area (Å²) in [6, 6.07) is 8.24. The molecule has 0 bridgehead atoms. The highest BCUT2D eigenvalue weighted by Crippen LogP contribution is 2.39. The van der Waals surface area contributed by atoms with Gasteiger partial charge in [0.05, 0.1) is 23.0 Å². The van der Waals surface area contributed by atoms with Crippen molar-refractivity contribution in [2.75, 3.05) is 11.5 Å². The zero-order valence-electron chi connectivity index (χ0n) is 13.1. The van der Waals surface area contributed by atoms with Crippen molar-refractivity contribution in [2.24, 2.45) is 0 Å². The summed E-state index contributed by atoms with van der Waals surface area (Å²) in [6.45, 7) is 3.88. The normalized spacial score (nSPS) is 14.2. The highest BCUT2D eigenvalue weighted by molar-refractivity contribution is 6.30. The molecule has 0 saturated heterocycles. The van der Waals surface area contributed by atoms with Crippen LogP contribution < -0.4 is 16.2 Å². The fraction of sp³-hybridized carbons (Fsp3) is 0.222. The lowest BCUT2D eigenvalue weighted by molar-refractivity contribution is 0.0979. The molecule has 5 nitrogen and oxygen atoms in total. The summed E-state index contributed by atoms with van der Waals surface area (Å²) in [5, 5.41) is 0. The Hall–Kier alpha value is -2.82. The predicted octanol–water partition coefficient (Wildman–Crippen LogP) is 2.80. The van der Waals surface area contributed by atoms with Crippen molar-refractivity contribution < 1.29 is 14.3 Å². The molecular weight excluding hydrogens is 292 g/mol. The lowest BCUT2D eigenvalue weighted by Gasteiger charge is -2.23. The van der Waals surface area contributed by atoms with Gasteiger partial charge in [-0.15, -0.1) is 0 Å². The van der Waals surface area contributed by atoms with Crippen LogP contribution in [0.2, 0.25) is 0 Å². The SMILES string of the molecule is CCC(C)Oc1cc2c(c(N)c1N)C(=O)c1ccccc1C2=O. The second-order valence-electron chi connectivity index (χ2n) is 5.67. The third kappa shape index (κ3) is 2.25. The Morgan fingerprint density at radius 1 is 1.00 bits per heavy atom. The second-order valence-corrected chi connectivity index (χ2v) is 5.67. The van der Waals surface area contributed by atoms with E-state index in [1.807, 2.05) is 13.8 Å². The minimum Gasteiger partial charge on any atom is -0.488 e. The van der Waals surface area contributed by atoms with Gasteiger partial charge in [-0.3, -0.25) is 9.59 Å². The summed E-state index contributed by atoms with van der Waals surface area (Å²) in [7, 11) is 0. The number of ketones is 2. The maximum absolute atomic E-state index is 12.7. The molecule has 0 amide bonds. The van der Waals surface area contributed by atoms with Crippen molar-refractivity contribution in [2.45, 2.75) is 26.4 Å². The number of hydrogen-bond acceptors (Lipinski definition) is 5. The number of fused-ring (bicyclic) bond motifs is 2. The monoisotopic (exact) mass is 310 g/mol. The summed E-state index contributed by atoms with van der Waals surface area (Å²) in [4.78, 5) is 25.4. The molecule has 3 rings (SSSR count). The van der Waals surface area contributed by atoms with E-state index in [9.17, 15) is 9.59 Å². The van der Waals surface area contributed by atoms with E-state index < -0.39 is 0 Å². The Morgan fingerprint density at radius 3 is 2.22 bits per heavy atom. The Labute approximate surface area is 134 Å². The van der Waals surface area contributed by atoms with E-state index in [1.54, 1.807) is 24.3 Å². The van der Waals surface area contributed by atoms with Gasteiger partial charge < -0.3 is 16.2 Å². The van der Waals surface area contributed by atoms with E-state index in [-0.39, 0.29) is 40.2 Å². The molecule has 0 aromatic heterocycles. The van der Waals surface area contributed by atoms with E-state index in [0.717, 1.165) is 6.42 Å². The van der Waals surface area contributed by atoms with Crippen LogP contribution in [0, 0.1) is 0 Å². The van der Waals surface area contributed by atoms with Crippen LogP contribution in [0.1, 0.15) is 52.1 Å². The first kappa shape index (κ1) is 15.1. The Bertz CT molecular complexity index is 827. The molecule has 2 aromatic carbocycles. The molecule has 0 fully saturated rings. The highest BCUT2D eigenvalue weighted by atomic mass is 16.5. The van der Waals surface area contributed by atoms with Crippen LogP contribution in [0.5, 0.6) is 5.75 Å². The number of carbonyl (C=O) groups is 2. The Balaban J connectivity index is 2.21. The van der Waals surface area contributed by atoms with Crippen molar-refractivity contribution in [3.63, 3.8) is 0 Å². The van der Waals surface area contributed by atoms with E-state index in [1.165, 1.54) is 6.07 Å². The Kier molecular flexibility index (Phi) is 3.56. The second kappa shape index (κ2) is 5.43. The van der Waals surface area contributed by atoms with Crippen LogP contribution in [-0.4, -0.2) is 17.7 Å². The average Bonchev–Trinajstić information content (AvgIpc) is 2.56. The maximum atomic E-state index is 12.7. The number of benzene rings is 2. The topological polar surface area (TPSA) is 95.4 Å². The van der Waals surface area contributed by atoms with Gasteiger partial charge in [0.25, 0.3) is 0 Å². The first-order valence-corrected chi connectivity index (χ1v) is 7.52. The molecule has 118 valence electrons.